The Kier molecular flexibility index (Phi) is 7.24. The molecule has 3 aromatic carbocycles. The van der Waals surface area contributed by atoms with E-state index in [0.29, 0.717) is 41.0 Å². The van der Waals surface area contributed by atoms with Crippen LogP contribution in [0.4, 0.5) is 5.13 Å². The molecule has 0 bridgehead atoms. The van der Waals surface area contributed by atoms with Crippen molar-refractivity contribution in [2.24, 2.45) is 0 Å². The van der Waals surface area contributed by atoms with E-state index in [4.69, 9.17) is 9.47 Å². The fraction of sp³-hybridized carbons (Fsp3) is 0.167. The van der Waals surface area contributed by atoms with Crippen molar-refractivity contribution in [1.82, 2.24) is 4.98 Å². The molecular weight excluding hydrogens is 500 g/mol. The number of amides is 1. The van der Waals surface area contributed by atoms with Crippen LogP contribution in [-0.2, 0) is 16.2 Å². The van der Waals surface area contributed by atoms with Gasteiger partial charge in [0, 0.05) is 17.1 Å². The van der Waals surface area contributed by atoms with E-state index in [0.717, 1.165) is 11.1 Å². The van der Waals surface area contributed by atoms with Gasteiger partial charge >= 0.3 is 5.91 Å². The normalized spacial score (nSPS) is 16.6. The van der Waals surface area contributed by atoms with Gasteiger partial charge in [-0.2, -0.15) is 0 Å². The van der Waals surface area contributed by atoms with Crippen LogP contribution in [0.25, 0.3) is 5.76 Å². The maximum atomic E-state index is 13.3. The van der Waals surface area contributed by atoms with E-state index in [-0.39, 0.29) is 11.3 Å². The van der Waals surface area contributed by atoms with Crippen molar-refractivity contribution < 1.29 is 24.2 Å². The molecule has 1 aliphatic heterocycles. The first-order valence-corrected chi connectivity index (χ1v) is 13.1. The number of aliphatic hydroxyl groups is 1. The van der Waals surface area contributed by atoms with Gasteiger partial charge in [0.15, 0.2) is 16.6 Å². The fourth-order valence-corrected chi connectivity index (χ4v) is 5.03. The van der Waals surface area contributed by atoms with Crippen LogP contribution in [0.2, 0.25) is 0 Å². The minimum Gasteiger partial charge on any atom is -0.507 e. The average Bonchev–Trinajstić information content (AvgIpc) is 3.55. The second-order valence-corrected chi connectivity index (χ2v) is 9.64. The number of ether oxygens (including phenoxy) is 2. The second-order valence-electron chi connectivity index (χ2n) is 8.76. The summed E-state index contributed by atoms with van der Waals surface area (Å²) in [5, 5.41) is 13.4. The number of aromatic nitrogens is 1. The number of benzene rings is 3. The number of thiazole rings is 1. The summed E-state index contributed by atoms with van der Waals surface area (Å²) in [6.45, 7) is 4.54. The number of carbonyl (C=O) groups excluding carboxylic acids is 2. The number of rotatable bonds is 8. The molecule has 192 valence electrons. The average molecular weight is 527 g/mol. The molecule has 0 aliphatic carbocycles. The van der Waals surface area contributed by atoms with Gasteiger partial charge in [-0.05, 0) is 37.1 Å². The van der Waals surface area contributed by atoms with Gasteiger partial charge in [0.2, 0.25) is 0 Å². The number of ketones is 1. The van der Waals surface area contributed by atoms with Gasteiger partial charge < -0.3 is 14.6 Å². The summed E-state index contributed by atoms with van der Waals surface area (Å²) in [6, 6.07) is 21.3. The number of anilines is 1. The van der Waals surface area contributed by atoms with Crippen molar-refractivity contribution in [1.29, 1.82) is 0 Å². The molecule has 0 saturated carbocycles. The zero-order valence-corrected chi connectivity index (χ0v) is 21.8. The Morgan fingerprint density at radius 2 is 1.76 bits per heavy atom. The van der Waals surface area contributed by atoms with Gasteiger partial charge in [-0.15, -0.1) is 11.3 Å². The van der Waals surface area contributed by atoms with Gasteiger partial charge in [-0.3, -0.25) is 14.5 Å². The summed E-state index contributed by atoms with van der Waals surface area (Å²) in [7, 11) is 0. The molecule has 1 fully saturated rings. The minimum absolute atomic E-state index is 0.00513. The zero-order valence-electron chi connectivity index (χ0n) is 21.0. The van der Waals surface area contributed by atoms with Gasteiger partial charge in [0.1, 0.15) is 12.4 Å². The highest BCUT2D eigenvalue weighted by molar-refractivity contribution is 7.14. The Balaban J connectivity index is 1.60. The lowest BCUT2D eigenvalue weighted by molar-refractivity contribution is -0.132. The Labute approximate surface area is 224 Å². The number of hydrogen-bond donors (Lipinski definition) is 1. The Hall–Kier alpha value is -4.43. The van der Waals surface area contributed by atoms with Crippen molar-refractivity contribution in [3.05, 3.63) is 112 Å². The fourth-order valence-electron chi connectivity index (χ4n) is 4.36. The molecular formula is C30H26N2O5S. The van der Waals surface area contributed by atoms with Crippen molar-refractivity contribution in [2.45, 2.75) is 26.5 Å². The number of carbonyl (C=O) groups is 2. The van der Waals surface area contributed by atoms with E-state index in [1.165, 1.54) is 16.2 Å². The molecule has 1 atom stereocenters. The van der Waals surface area contributed by atoms with Crippen molar-refractivity contribution in [2.75, 3.05) is 11.5 Å². The molecule has 1 aromatic heterocycles. The van der Waals surface area contributed by atoms with E-state index in [1.54, 1.807) is 41.9 Å². The molecule has 0 radical (unpaired) electrons. The molecule has 0 spiro atoms. The van der Waals surface area contributed by atoms with E-state index in [1.807, 2.05) is 56.3 Å². The lowest BCUT2D eigenvalue weighted by atomic mass is 9.95. The largest absolute Gasteiger partial charge is 0.507 e. The Bertz CT molecular complexity index is 1480. The molecule has 1 aliphatic rings. The summed E-state index contributed by atoms with van der Waals surface area (Å²) in [5.74, 6) is -0.758. The summed E-state index contributed by atoms with van der Waals surface area (Å²) in [6.07, 6.45) is 1.57. The van der Waals surface area contributed by atoms with Crippen LogP contribution >= 0.6 is 11.3 Å². The summed E-state index contributed by atoms with van der Waals surface area (Å²) in [4.78, 5) is 32.2. The number of hydrogen-bond acceptors (Lipinski definition) is 7. The minimum atomic E-state index is -0.898. The molecule has 5 rings (SSSR count). The highest BCUT2D eigenvalue weighted by Gasteiger charge is 2.48. The van der Waals surface area contributed by atoms with Crippen LogP contribution < -0.4 is 14.4 Å². The predicted octanol–water partition coefficient (Wildman–Crippen LogP) is 6.06. The van der Waals surface area contributed by atoms with Crippen LogP contribution in [0.15, 0.2) is 89.9 Å². The number of nitrogens with zero attached hydrogens (tertiary/aromatic N) is 2. The van der Waals surface area contributed by atoms with Crippen LogP contribution in [-0.4, -0.2) is 28.4 Å². The summed E-state index contributed by atoms with van der Waals surface area (Å²) < 4.78 is 11.9. The lowest BCUT2D eigenvalue weighted by Crippen LogP contribution is -2.29. The Morgan fingerprint density at radius 3 is 2.45 bits per heavy atom. The molecule has 1 unspecified atom stereocenters. The molecule has 8 heteroatoms. The third kappa shape index (κ3) is 4.90. The monoisotopic (exact) mass is 526 g/mol. The van der Waals surface area contributed by atoms with E-state index in [2.05, 4.69) is 4.98 Å². The highest BCUT2D eigenvalue weighted by Crippen LogP contribution is 2.44. The molecule has 1 saturated heterocycles. The first-order valence-electron chi connectivity index (χ1n) is 12.2. The quantitative estimate of drug-likeness (QED) is 0.171. The molecule has 7 nitrogen and oxygen atoms in total. The maximum Gasteiger partial charge on any atom is 0.301 e. The van der Waals surface area contributed by atoms with E-state index >= 15 is 0 Å². The van der Waals surface area contributed by atoms with Gasteiger partial charge in [-0.25, -0.2) is 4.98 Å². The summed E-state index contributed by atoms with van der Waals surface area (Å²) >= 11 is 1.24. The second kappa shape index (κ2) is 10.9. The number of Topliss-reactive ketones (excluding diaryl/α,β-unsaturated/α-hetero) is 1. The molecule has 1 N–H and O–H groups in total. The first kappa shape index (κ1) is 25.2. The first-order chi connectivity index (χ1) is 18.5. The van der Waals surface area contributed by atoms with E-state index in [9.17, 15) is 14.7 Å². The molecule has 4 aromatic rings. The zero-order chi connectivity index (χ0) is 26.6. The van der Waals surface area contributed by atoms with Crippen LogP contribution in [0.5, 0.6) is 11.5 Å². The maximum absolute atomic E-state index is 13.3. The molecule has 38 heavy (non-hydrogen) atoms. The Morgan fingerprint density at radius 1 is 1.00 bits per heavy atom. The van der Waals surface area contributed by atoms with Crippen LogP contribution in [0.1, 0.15) is 35.2 Å². The molecule has 2 heterocycles. The lowest BCUT2D eigenvalue weighted by Gasteiger charge is -2.24. The standard InChI is InChI=1S/C30H26N2O5S/c1-3-36-24-17-22(13-14-23(24)37-18-20-7-5-4-6-8-20)26-25(27(33)21-11-9-19(2)10-12-21)28(34)29(35)32(26)30-31-15-16-38-30/h4-17,26,33H,3,18H2,1-2H3/b27-25+. The van der Waals surface area contributed by atoms with Gasteiger partial charge in [0.25, 0.3) is 5.78 Å². The summed E-state index contributed by atoms with van der Waals surface area (Å²) in [5.41, 5.74) is 3.05. The number of aryl methyl sites for hydroxylation is 1. The van der Waals surface area contributed by atoms with Crippen LogP contribution in [0, 0.1) is 6.92 Å². The van der Waals surface area contributed by atoms with Gasteiger partial charge in [0.05, 0.1) is 18.2 Å². The third-order valence-corrected chi connectivity index (χ3v) is 6.99. The van der Waals surface area contributed by atoms with Gasteiger partial charge in [-0.1, -0.05) is 66.2 Å². The highest BCUT2D eigenvalue weighted by atomic mass is 32.1. The predicted molar refractivity (Wildman–Crippen MR) is 146 cm³/mol. The van der Waals surface area contributed by atoms with Crippen LogP contribution in [0.3, 0.4) is 0 Å². The smallest absolute Gasteiger partial charge is 0.301 e. The van der Waals surface area contributed by atoms with Crippen molar-refractivity contribution >= 4 is 33.9 Å². The van der Waals surface area contributed by atoms with E-state index < -0.39 is 17.7 Å². The molecule has 1 amide bonds. The number of aliphatic hydroxyl groups excluding tert-OH is 1. The van der Waals surface area contributed by atoms with Crippen molar-refractivity contribution in [3.63, 3.8) is 0 Å². The topological polar surface area (TPSA) is 89.0 Å². The van der Waals surface area contributed by atoms with Crippen molar-refractivity contribution in [3.8, 4) is 11.5 Å². The SMILES string of the molecule is CCOc1cc(C2/C(=C(\O)c3ccc(C)cc3)C(=O)C(=O)N2c2nccs2)ccc1OCc1ccccc1. The third-order valence-electron chi connectivity index (χ3n) is 6.22.